The molecule has 0 bridgehead atoms. The summed E-state index contributed by atoms with van der Waals surface area (Å²) in [5.41, 5.74) is 3.00. The van der Waals surface area contributed by atoms with Gasteiger partial charge in [-0.05, 0) is 69.6 Å². The summed E-state index contributed by atoms with van der Waals surface area (Å²) in [5.74, 6) is -0.145. The third-order valence-electron chi connectivity index (χ3n) is 4.73. The normalized spacial score (nSPS) is 12.9. The second-order valence-corrected chi connectivity index (χ2v) is 9.26. The zero-order valence-corrected chi connectivity index (χ0v) is 18.6. The summed E-state index contributed by atoms with van der Waals surface area (Å²) in [7, 11) is -1.64. The number of rotatable bonds is 9. The maximum atomic E-state index is 12.6. The summed E-state index contributed by atoms with van der Waals surface area (Å²) in [6.45, 7) is 8.17. The highest BCUT2D eigenvalue weighted by atomic mass is 32.2. The van der Waals surface area contributed by atoms with Crippen LogP contribution < -0.4 is 10.0 Å². The van der Waals surface area contributed by atoms with Crippen molar-refractivity contribution in [1.82, 2.24) is 9.62 Å². The van der Waals surface area contributed by atoms with Gasteiger partial charge in [-0.2, -0.15) is 0 Å². The molecule has 1 amide bonds. The van der Waals surface area contributed by atoms with Crippen LogP contribution in [0.3, 0.4) is 0 Å². The lowest BCUT2D eigenvalue weighted by atomic mass is 10.1. The summed E-state index contributed by atoms with van der Waals surface area (Å²) in [5, 5.41) is 2.85. The first-order chi connectivity index (χ1) is 13.6. The fourth-order valence-corrected chi connectivity index (χ4v) is 4.10. The van der Waals surface area contributed by atoms with Crippen LogP contribution in [0.5, 0.6) is 0 Å². The molecule has 0 saturated carbocycles. The van der Waals surface area contributed by atoms with Gasteiger partial charge in [-0.15, -0.1) is 0 Å². The summed E-state index contributed by atoms with van der Waals surface area (Å²) >= 11 is 0. The van der Waals surface area contributed by atoms with E-state index < -0.39 is 10.0 Å². The van der Waals surface area contributed by atoms with Crippen molar-refractivity contribution in [2.45, 2.75) is 57.6 Å². The van der Waals surface area contributed by atoms with Crippen LogP contribution in [0.25, 0.3) is 0 Å². The Kier molecular flexibility index (Phi) is 7.96. The molecule has 0 aliphatic heterocycles. The Hall–Kier alpha value is -2.22. The van der Waals surface area contributed by atoms with Gasteiger partial charge < -0.3 is 5.32 Å². The monoisotopic (exact) mass is 417 g/mol. The SMILES string of the molecule is CCc1ccc(CN(C)[C@H](C)C(=O)Nc2ccc(S(=O)(=O)NC(C)C)cc2)cc1. The molecule has 0 aliphatic carbocycles. The highest BCUT2D eigenvalue weighted by Gasteiger charge is 2.19. The molecule has 7 heteroatoms. The van der Waals surface area contributed by atoms with E-state index in [4.69, 9.17) is 0 Å². The van der Waals surface area contributed by atoms with Crippen LogP contribution in [0.2, 0.25) is 0 Å². The second kappa shape index (κ2) is 10.0. The van der Waals surface area contributed by atoms with Crippen molar-refractivity contribution in [2.24, 2.45) is 0 Å². The van der Waals surface area contributed by atoms with Crippen molar-refractivity contribution in [3.05, 3.63) is 59.7 Å². The predicted octanol–water partition coefficient (Wildman–Crippen LogP) is 3.39. The van der Waals surface area contributed by atoms with Crippen LogP contribution in [0.15, 0.2) is 53.4 Å². The minimum absolute atomic E-state index is 0.145. The first-order valence-corrected chi connectivity index (χ1v) is 11.3. The number of anilines is 1. The van der Waals surface area contributed by atoms with Gasteiger partial charge in [0.2, 0.25) is 15.9 Å². The van der Waals surface area contributed by atoms with Crippen LogP contribution in [-0.4, -0.2) is 38.4 Å². The third-order valence-corrected chi connectivity index (χ3v) is 6.40. The minimum atomic E-state index is -3.55. The van der Waals surface area contributed by atoms with Crippen molar-refractivity contribution in [1.29, 1.82) is 0 Å². The van der Waals surface area contributed by atoms with Crippen molar-refractivity contribution in [2.75, 3.05) is 12.4 Å². The topological polar surface area (TPSA) is 78.5 Å². The average molecular weight is 418 g/mol. The van der Waals surface area contributed by atoms with E-state index in [-0.39, 0.29) is 22.9 Å². The zero-order valence-electron chi connectivity index (χ0n) is 17.8. The lowest BCUT2D eigenvalue weighted by molar-refractivity contribution is -0.120. The maximum absolute atomic E-state index is 12.6. The van der Waals surface area contributed by atoms with E-state index in [2.05, 4.69) is 41.2 Å². The summed E-state index contributed by atoms with van der Waals surface area (Å²) in [6, 6.07) is 14.0. The number of hydrogen-bond acceptors (Lipinski definition) is 4. The van der Waals surface area contributed by atoms with E-state index in [1.165, 1.54) is 17.7 Å². The van der Waals surface area contributed by atoms with Crippen LogP contribution in [-0.2, 0) is 27.8 Å². The van der Waals surface area contributed by atoms with Crippen molar-refractivity contribution >= 4 is 21.6 Å². The predicted molar refractivity (Wildman–Crippen MR) is 117 cm³/mol. The molecular formula is C22H31N3O3S. The van der Waals surface area contributed by atoms with Crippen LogP contribution in [0.1, 0.15) is 38.8 Å². The fourth-order valence-electron chi connectivity index (χ4n) is 2.85. The van der Waals surface area contributed by atoms with Gasteiger partial charge in [-0.25, -0.2) is 13.1 Å². The molecule has 2 N–H and O–H groups in total. The number of sulfonamides is 1. The zero-order chi connectivity index (χ0) is 21.6. The Bertz CT molecular complexity index is 907. The molecule has 1 atom stereocenters. The highest BCUT2D eigenvalue weighted by molar-refractivity contribution is 7.89. The number of amides is 1. The van der Waals surface area contributed by atoms with Gasteiger partial charge in [-0.3, -0.25) is 9.69 Å². The Morgan fingerprint density at radius 2 is 1.52 bits per heavy atom. The standard InChI is InChI=1S/C22H31N3O3S/c1-6-18-7-9-19(10-8-18)15-25(5)17(4)22(26)23-20-11-13-21(14-12-20)29(27,28)24-16(2)3/h7-14,16-17,24H,6,15H2,1-5H3,(H,23,26)/t17-/m1/s1. The number of benzene rings is 2. The molecule has 29 heavy (non-hydrogen) atoms. The maximum Gasteiger partial charge on any atom is 0.241 e. The number of carbonyl (C=O) groups excluding carboxylic acids is 1. The Labute approximate surface area is 174 Å². The smallest absolute Gasteiger partial charge is 0.241 e. The molecule has 0 radical (unpaired) electrons. The van der Waals surface area contributed by atoms with Crippen molar-refractivity contribution in [3.8, 4) is 0 Å². The van der Waals surface area contributed by atoms with Crippen molar-refractivity contribution in [3.63, 3.8) is 0 Å². The molecule has 6 nitrogen and oxygen atoms in total. The first kappa shape index (κ1) is 23.1. The number of hydrogen-bond donors (Lipinski definition) is 2. The van der Waals surface area contributed by atoms with Gasteiger partial charge >= 0.3 is 0 Å². The number of nitrogens with zero attached hydrogens (tertiary/aromatic N) is 1. The molecule has 2 aromatic carbocycles. The van der Waals surface area contributed by atoms with Gasteiger partial charge in [0.25, 0.3) is 0 Å². The fraction of sp³-hybridized carbons (Fsp3) is 0.409. The van der Waals surface area contributed by atoms with Gasteiger partial charge in [-0.1, -0.05) is 31.2 Å². The highest BCUT2D eigenvalue weighted by Crippen LogP contribution is 2.16. The molecular weight excluding hydrogens is 386 g/mol. The molecule has 0 fully saturated rings. The Morgan fingerprint density at radius 3 is 2.03 bits per heavy atom. The summed E-state index contributed by atoms with van der Waals surface area (Å²) < 4.78 is 26.9. The van der Waals surface area contributed by atoms with Gasteiger partial charge in [0.05, 0.1) is 10.9 Å². The van der Waals surface area contributed by atoms with Gasteiger partial charge in [0.15, 0.2) is 0 Å². The number of nitrogens with one attached hydrogen (secondary N) is 2. The van der Waals surface area contributed by atoms with Crippen LogP contribution in [0.4, 0.5) is 5.69 Å². The van der Waals surface area contributed by atoms with Gasteiger partial charge in [0.1, 0.15) is 0 Å². The minimum Gasteiger partial charge on any atom is -0.325 e. The molecule has 0 aliphatic rings. The molecule has 2 aromatic rings. The van der Waals surface area contributed by atoms with E-state index in [0.29, 0.717) is 12.2 Å². The molecule has 0 spiro atoms. The number of aryl methyl sites for hydroxylation is 1. The largest absolute Gasteiger partial charge is 0.325 e. The molecule has 2 rings (SSSR count). The van der Waals surface area contributed by atoms with E-state index >= 15 is 0 Å². The molecule has 0 saturated heterocycles. The first-order valence-electron chi connectivity index (χ1n) is 9.83. The van der Waals surface area contributed by atoms with E-state index in [9.17, 15) is 13.2 Å². The summed E-state index contributed by atoms with van der Waals surface area (Å²) in [4.78, 5) is 14.7. The van der Waals surface area contributed by atoms with E-state index in [0.717, 1.165) is 12.0 Å². The molecule has 0 unspecified atom stereocenters. The van der Waals surface area contributed by atoms with E-state index in [1.54, 1.807) is 26.0 Å². The molecule has 158 valence electrons. The number of likely N-dealkylation sites (N-methyl/N-ethyl adjacent to an activating group) is 1. The molecule has 0 heterocycles. The third kappa shape index (κ3) is 6.66. The molecule has 0 aromatic heterocycles. The Balaban J connectivity index is 1.97. The summed E-state index contributed by atoms with van der Waals surface area (Å²) in [6.07, 6.45) is 1.00. The lowest BCUT2D eigenvalue weighted by Gasteiger charge is -2.24. The van der Waals surface area contributed by atoms with Crippen molar-refractivity contribution < 1.29 is 13.2 Å². The number of carbonyl (C=O) groups is 1. The Morgan fingerprint density at radius 1 is 0.966 bits per heavy atom. The average Bonchev–Trinajstić information content (AvgIpc) is 2.67. The lowest BCUT2D eigenvalue weighted by Crippen LogP contribution is -2.39. The van der Waals surface area contributed by atoms with Crippen LogP contribution >= 0.6 is 0 Å². The van der Waals surface area contributed by atoms with Crippen LogP contribution in [0, 0.1) is 0 Å². The van der Waals surface area contributed by atoms with E-state index in [1.807, 2.05) is 18.9 Å². The van der Waals surface area contributed by atoms with Gasteiger partial charge in [0, 0.05) is 18.3 Å². The second-order valence-electron chi connectivity index (χ2n) is 7.55. The quantitative estimate of drug-likeness (QED) is 0.655.